The second-order valence-corrected chi connectivity index (χ2v) is 3.50. The van der Waals surface area contributed by atoms with Crippen LogP contribution in [0, 0.1) is 0 Å². The predicted octanol–water partition coefficient (Wildman–Crippen LogP) is -1.80. The molecule has 0 radical (unpaired) electrons. The van der Waals surface area contributed by atoms with E-state index in [9.17, 15) is 13.2 Å². The summed E-state index contributed by atoms with van der Waals surface area (Å²) >= 11 is 0. The monoisotopic (exact) mass is 232 g/mol. The second-order valence-electron chi connectivity index (χ2n) is 2.47. The third-order valence-electron chi connectivity index (χ3n) is 1.24. The van der Waals surface area contributed by atoms with Crippen molar-refractivity contribution in [3.05, 3.63) is 11.6 Å². The van der Waals surface area contributed by atoms with Crippen LogP contribution < -0.4 is 29.6 Å². The van der Waals surface area contributed by atoms with Gasteiger partial charge in [0, 0.05) is 5.57 Å². The van der Waals surface area contributed by atoms with Crippen molar-refractivity contribution in [1.29, 1.82) is 0 Å². The van der Waals surface area contributed by atoms with E-state index >= 15 is 0 Å². The van der Waals surface area contributed by atoms with Crippen molar-refractivity contribution in [2.45, 2.75) is 26.7 Å². The molecule has 5 nitrogen and oxygen atoms in total. The minimum atomic E-state index is -4.68. The zero-order chi connectivity index (χ0) is 10.5. The van der Waals surface area contributed by atoms with Gasteiger partial charge in [-0.15, -0.1) is 0 Å². The van der Waals surface area contributed by atoms with Crippen molar-refractivity contribution < 1.29 is 52.9 Å². The molecule has 0 aliphatic heterocycles. The zero-order valence-electron chi connectivity index (χ0n) is 9.48. The van der Waals surface area contributed by atoms with E-state index in [0.29, 0.717) is 6.42 Å². The van der Waals surface area contributed by atoms with Gasteiger partial charge in [0.1, 0.15) is 0 Å². The Balaban J connectivity index is -0.000000720. The molecule has 0 aromatic heterocycles. The van der Waals surface area contributed by atoms with Crippen molar-refractivity contribution >= 4 is 16.4 Å². The van der Waals surface area contributed by atoms with Gasteiger partial charge in [0.15, 0.2) is 0 Å². The molecule has 0 atom stereocenters. The summed E-state index contributed by atoms with van der Waals surface area (Å²) in [6, 6.07) is 0. The van der Waals surface area contributed by atoms with Crippen molar-refractivity contribution in [3.8, 4) is 0 Å². The summed E-state index contributed by atoms with van der Waals surface area (Å²) in [4.78, 5) is 10.8. The van der Waals surface area contributed by atoms with E-state index in [0.717, 1.165) is 6.42 Å². The van der Waals surface area contributed by atoms with Gasteiger partial charge in [-0.25, -0.2) is 4.79 Å². The quantitative estimate of drug-likeness (QED) is 0.351. The van der Waals surface area contributed by atoms with E-state index in [2.05, 4.69) is 4.18 Å². The van der Waals surface area contributed by atoms with Crippen LogP contribution in [0.1, 0.15) is 28.1 Å². The molecule has 0 aromatic carbocycles. The minimum Gasteiger partial charge on any atom is -1.00 e. The summed E-state index contributed by atoms with van der Waals surface area (Å²) in [7, 11) is -4.68. The van der Waals surface area contributed by atoms with Crippen molar-refractivity contribution in [2.24, 2.45) is 0 Å². The first-order valence-corrected chi connectivity index (χ1v) is 5.11. The van der Waals surface area contributed by atoms with Gasteiger partial charge in [-0.1, -0.05) is 19.4 Å². The Bertz CT molecular complexity index is 311. The van der Waals surface area contributed by atoms with Crippen LogP contribution in [-0.4, -0.2) is 18.9 Å². The number of rotatable bonds is 4. The van der Waals surface area contributed by atoms with E-state index in [1.807, 2.05) is 6.92 Å². The molecule has 1 N–H and O–H groups in total. The molecular weight excluding hydrogens is 219 g/mol. The summed E-state index contributed by atoms with van der Waals surface area (Å²) in [5.41, 5.74) is 0.166. The van der Waals surface area contributed by atoms with Crippen LogP contribution in [-0.2, 0) is 19.4 Å². The van der Waals surface area contributed by atoms with Gasteiger partial charge in [0.25, 0.3) is 0 Å². The molecule has 0 rings (SSSR count). The summed E-state index contributed by atoms with van der Waals surface area (Å²) in [5.74, 6) is -1.05. The van der Waals surface area contributed by atoms with Gasteiger partial charge in [0.2, 0.25) is 0 Å². The number of hydrogen-bond acceptors (Lipinski definition) is 4. The summed E-state index contributed by atoms with van der Waals surface area (Å²) in [6.45, 7) is 3.33. The Morgan fingerprint density at radius 2 is 2.07 bits per heavy atom. The van der Waals surface area contributed by atoms with Crippen molar-refractivity contribution in [2.75, 3.05) is 0 Å². The molecule has 0 aliphatic rings. The average molecular weight is 232 g/mol. The maximum Gasteiger partial charge on any atom is 1.00 e. The summed E-state index contributed by atoms with van der Waals surface area (Å²) in [6.07, 6.45) is 3.05. The Hall–Kier alpha value is 0.120. The van der Waals surface area contributed by atoms with Gasteiger partial charge >= 0.3 is 45.9 Å². The fourth-order valence-corrected chi connectivity index (χ4v) is 0.928. The molecule has 0 fully saturated rings. The number of carbonyl (C=O) groups is 1. The first-order valence-electron chi connectivity index (χ1n) is 3.74. The van der Waals surface area contributed by atoms with Crippen LogP contribution in [0.3, 0.4) is 0 Å². The van der Waals surface area contributed by atoms with Crippen LogP contribution >= 0.6 is 0 Å². The molecule has 0 bridgehead atoms. The zero-order valence-corrected chi connectivity index (χ0v) is 11.3. The molecule has 0 saturated heterocycles. The minimum absolute atomic E-state index is 0. The summed E-state index contributed by atoms with van der Waals surface area (Å²) < 4.78 is 32.1. The molecule has 0 unspecified atom stereocenters. The largest absolute Gasteiger partial charge is 1.00 e. The standard InChI is InChI=1S/C7H12O5S.Na.H/c1-3-4-5-6(2)7(8)12-13(9,10)11;;/h5H,3-4H2,1-2H3,(H,9,10,11);;/q;+1;-1. The molecule has 78 valence electrons. The van der Waals surface area contributed by atoms with Gasteiger partial charge in [0.05, 0.1) is 0 Å². The van der Waals surface area contributed by atoms with Crippen LogP contribution in [0.25, 0.3) is 0 Å². The molecule has 0 aromatic rings. The molecule has 0 spiro atoms. The van der Waals surface area contributed by atoms with Gasteiger partial charge < -0.3 is 5.61 Å². The van der Waals surface area contributed by atoms with Gasteiger partial charge in [-0.05, 0) is 13.3 Å². The van der Waals surface area contributed by atoms with Crippen LogP contribution in [0.4, 0.5) is 0 Å². The number of unbranched alkanes of at least 4 members (excludes halogenated alkanes) is 1. The molecule has 14 heavy (non-hydrogen) atoms. The predicted molar refractivity (Wildman–Crippen MR) is 47.4 cm³/mol. The Kier molecular flexibility index (Phi) is 8.77. The van der Waals surface area contributed by atoms with Gasteiger partial charge in [-0.3, -0.25) is 4.55 Å². The van der Waals surface area contributed by atoms with E-state index in [4.69, 9.17) is 4.55 Å². The average Bonchev–Trinajstić information content (AvgIpc) is 1.96. The Morgan fingerprint density at radius 3 is 2.43 bits per heavy atom. The molecule has 0 aliphatic carbocycles. The Labute approximate surface area is 107 Å². The van der Waals surface area contributed by atoms with Crippen LogP contribution in [0.15, 0.2) is 11.6 Å². The third-order valence-corrected chi connectivity index (χ3v) is 1.60. The fourth-order valence-electron chi connectivity index (χ4n) is 0.606. The molecule has 0 heterocycles. The normalized spacial score (nSPS) is 11.8. The van der Waals surface area contributed by atoms with Crippen LogP contribution in [0.5, 0.6) is 0 Å². The number of carbonyl (C=O) groups excluding carboxylic acids is 1. The first-order chi connectivity index (χ1) is 5.87. The van der Waals surface area contributed by atoms with E-state index in [-0.39, 0.29) is 36.6 Å². The topological polar surface area (TPSA) is 80.7 Å². The smallest absolute Gasteiger partial charge is 1.00 e. The SMILES string of the molecule is CCCC=C(C)C(=O)OS(=O)(=O)O.[H-].[Na+]. The van der Waals surface area contributed by atoms with E-state index in [1.54, 1.807) is 6.08 Å². The maximum atomic E-state index is 10.8. The number of allylic oxidation sites excluding steroid dienone is 1. The van der Waals surface area contributed by atoms with E-state index < -0.39 is 16.4 Å². The van der Waals surface area contributed by atoms with Crippen molar-refractivity contribution in [3.63, 3.8) is 0 Å². The third kappa shape index (κ3) is 8.71. The fraction of sp³-hybridized carbons (Fsp3) is 0.571. The molecule has 7 heteroatoms. The number of hydrogen-bond donors (Lipinski definition) is 1. The molecule has 0 saturated carbocycles. The molecular formula is C7H13NaO5S. The Morgan fingerprint density at radius 1 is 1.57 bits per heavy atom. The first kappa shape index (κ1) is 16.5. The maximum absolute atomic E-state index is 10.8. The second kappa shape index (κ2) is 7.42. The van der Waals surface area contributed by atoms with Crippen LogP contribution in [0.2, 0.25) is 0 Å². The summed E-state index contributed by atoms with van der Waals surface area (Å²) in [5, 5.41) is 0. The molecule has 0 amide bonds. The van der Waals surface area contributed by atoms with E-state index in [1.165, 1.54) is 6.92 Å². The van der Waals surface area contributed by atoms with Crippen molar-refractivity contribution in [1.82, 2.24) is 0 Å². The van der Waals surface area contributed by atoms with Gasteiger partial charge in [-0.2, -0.15) is 8.42 Å².